The van der Waals surface area contributed by atoms with Crippen molar-refractivity contribution in [2.45, 2.75) is 30.4 Å². The van der Waals surface area contributed by atoms with Gasteiger partial charge in [0.1, 0.15) is 5.75 Å². The van der Waals surface area contributed by atoms with Crippen molar-refractivity contribution in [3.63, 3.8) is 0 Å². The van der Waals surface area contributed by atoms with Gasteiger partial charge in [-0.1, -0.05) is 47.4 Å². The van der Waals surface area contributed by atoms with E-state index in [1.165, 1.54) is 23.1 Å². The number of anilines is 3. The molecule has 1 unspecified atom stereocenters. The Morgan fingerprint density at radius 1 is 1.14 bits per heavy atom. The van der Waals surface area contributed by atoms with Gasteiger partial charge in [0.2, 0.25) is 11.0 Å². The average Bonchev–Trinajstić information content (AvgIpc) is 3.11. The minimum atomic E-state index is -0.295. The lowest BCUT2D eigenvalue weighted by Gasteiger charge is -2.14. The topological polar surface area (TPSA) is 76.1 Å². The SMILES string of the molecule is COc1cccc(Nc2nnc(SC(C)C(=O)Nc3c(C)cccc3C)s2)c1. The number of aromatic nitrogens is 2. The molecule has 2 N–H and O–H groups in total. The van der Waals surface area contributed by atoms with Crippen molar-refractivity contribution in [1.82, 2.24) is 10.2 Å². The molecule has 0 aliphatic carbocycles. The molecule has 0 saturated carbocycles. The second kappa shape index (κ2) is 9.07. The van der Waals surface area contributed by atoms with E-state index in [1.54, 1.807) is 7.11 Å². The van der Waals surface area contributed by atoms with Gasteiger partial charge in [0, 0.05) is 17.4 Å². The first-order valence-corrected chi connectivity index (χ1v) is 10.4. The van der Waals surface area contributed by atoms with Gasteiger partial charge in [0.25, 0.3) is 0 Å². The van der Waals surface area contributed by atoms with E-state index in [4.69, 9.17) is 4.74 Å². The fourth-order valence-corrected chi connectivity index (χ4v) is 4.49. The molecule has 0 fully saturated rings. The molecular weight excluding hydrogens is 392 g/mol. The number of carbonyl (C=O) groups is 1. The molecule has 146 valence electrons. The first-order valence-electron chi connectivity index (χ1n) is 8.74. The lowest BCUT2D eigenvalue weighted by atomic mass is 10.1. The third-order valence-electron chi connectivity index (χ3n) is 4.10. The van der Waals surface area contributed by atoms with Gasteiger partial charge in [0.15, 0.2) is 4.34 Å². The zero-order chi connectivity index (χ0) is 20.1. The molecule has 1 atom stereocenters. The van der Waals surface area contributed by atoms with Crippen LogP contribution in [0.15, 0.2) is 46.8 Å². The van der Waals surface area contributed by atoms with Crippen LogP contribution in [0, 0.1) is 13.8 Å². The average molecular weight is 415 g/mol. The Bertz CT molecular complexity index is 954. The van der Waals surface area contributed by atoms with E-state index >= 15 is 0 Å². The molecule has 3 aromatic rings. The smallest absolute Gasteiger partial charge is 0.237 e. The number of nitrogens with one attached hydrogen (secondary N) is 2. The summed E-state index contributed by atoms with van der Waals surface area (Å²) in [5, 5.41) is 14.9. The quantitative estimate of drug-likeness (QED) is 0.528. The summed E-state index contributed by atoms with van der Waals surface area (Å²) >= 11 is 2.80. The minimum Gasteiger partial charge on any atom is -0.497 e. The van der Waals surface area contributed by atoms with Crippen LogP contribution in [0.5, 0.6) is 5.75 Å². The van der Waals surface area contributed by atoms with Crippen LogP contribution < -0.4 is 15.4 Å². The van der Waals surface area contributed by atoms with Crippen molar-refractivity contribution < 1.29 is 9.53 Å². The van der Waals surface area contributed by atoms with Crippen molar-refractivity contribution in [3.05, 3.63) is 53.6 Å². The maximum Gasteiger partial charge on any atom is 0.237 e. The van der Waals surface area contributed by atoms with E-state index in [9.17, 15) is 4.79 Å². The molecule has 28 heavy (non-hydrogen) atoms. The highest BCUT2D eigenvalue weighted by molar-refractivity contribution is 8.02. The maximum atomic E-state index is 12.6. The normalized spacial score (nSPS) is 11.7. The summed E-state index contributed by atoms with van der Waals surface area (Å²) in [6.07, 6.45) is 0. The van der Waals surface area contributed by atoms with E-state index < -0.39 is 0 Å². The molecular formula is C20H22N4O2S2. The zero-order valence-corrected chi connectivity index (χ0v) is 17.8. The Morgan fingerprint density at radius 3 is 2.57 bits per heavy atom. The fourth-order valence-electron chi connectivity index (χ4n) is 2.57. The van der Waals surface area contributed by atoms with E-state index in [2.05, 4.69) is 20.8 Å². The molecule has 0 aliphatic heterocycles. The molecule has 0 radical (unpaired) electrons. The summed E-state index contributed by atoms with van der Waals surface area (Å²) in [4.78, 5) is 12.6. The third kappa shape index (κ3) is 5.02. The number of amides is 1. The Morgan fingerprint density at radius 2 is 1.86 bits per heavy atom. The first-order chi connectivity index (χ1) is 13.5. The predicted molar refractivity (Wildman–Crippen MR) is 116 cm³/mol. The molecule has 0 spiro atoms. The van der Waals surface area contributed by atoms with Crippen LogP contribution in [0.25, 0.3) is 0 Å². The molecule has 1 aromatic heterocycles. The van der Waals surface area contributed by atoms with Gasteiger partial charge in [-0.25, -0.2) is 0 Å². The highest BCUT2D eigenvalue weighted by Gasteiger charge is 2.18. The molecule has 8 heteroatoms. The second-order valence-corrected chi connectivity index (χ2v) is 8.81. The van der Waals surface area contributed by atoms with Crippen molar-refractivity contribution in [1.29, 1.82) is 0 Å². The first kappa shape index (κ1) is 20.2. The molecule has 0 saturated heterocycles. The molecule has 0 aliphatic rings. The van der Waals surface area contributed by atoms with E-state index in [-0.39, 0.29) is 11.2 Å². The minimum absolute atomic E-state index is 0.0556. The van der Waals surface area contributed by atoms with Crippen LogP contribution in [0.2, 0.25) is 0 Å². The van der Waals surface area contributed by atoms with Crippen LogP contribution >= 0.6 is 23.1 Å². The number of nitrogens with zero attached hydrogens (tertiary/aromatic N) is 2. The molecule has 1 heterocycles. The second-order valence-electron chi connectivity index (χ2n) is 6.25. The number of hydrogen-bond donors (Lipinski definition) is 2. The van der Waals surface area contributed by atoms with Gasteiger partial charge in [-0.15, -0.1) is 10.2 Å². The number of hydrogen-bond acceptors (Lipinski definition) is 7. The van der Waals surface area contributed by atoms with Crippen molar-refractivity contribution >= 4 is 45.5 Å². The van der Waals surface area contributed by atoms with Crippen LogP contribution in [0.1, 0.15) is 18.1 Å². The molecule has 2 aromatic carbocycles. The van der Waals surface area contributed by atoms with Gasteiger partial charge >= 0.3 is 0 Å². The van der Waals surface area contributed by atoms with Gasteiger partial charge < -0.3 is 15.4 Å². The third-order valence-corrected chi connectivity index (χ3v) is 6.13. The van der Waals surface area contributed by atoms with Crippen molar-refractivity contribution in [3.8, 4) is 5.75 Å². The zero-order valence-electron chi connectivity index (χ0n) is 16.1. The molecule has 1 amide bonds. The van der Waals surface area contributed by atoms with Crippen LogP contribution in [-0.4, -0.2) is 28.5 Å². The van der Waals surface area contributed by atoms with Gasteiger partial charge in [-0.05, 0) is 44.0 Å². The van der Waals surface area contributed by atoms with E-state index in [0.717, 1.165) is 32.6 Å². The number of benzene rings is 2. The molecule has 6 nitrogen and oxygen atoms in total. The van der Waals surface area contributed by atoms with Gasteiger partial charge in [-0.3, -0.25) is 4.79 Å². The van der Waals surface area contributed by atoms with Gasteiger partial charge in [-0.2, -0.15) is 0 Å². The standard InChI is InChI=1S/C20H22N4O2S2/c1-12-7-5-8-13(2)17(12)22-18(25)14(3)27-20-24-23-19(28-20)21-15-9-6-10-16(11-15)26-4/h5-11,14H,1-4H3,(H,21,23)(H,22,25). The largest absolute Gasteiger partial charge is 0.497 e. The van der Waals surface area contributed by atoms with Crippen molar-refractivity contribution in [2.75, 3.05) is 17.7 Å². The lowest BCUT2D eigenvalue weighted by Crippen LogP contribution is -2.23. The Hall–Kier alpha value is -2.58. The van der Waals surface area contributed by atoms with Crippen LogP contribution in [-0.2, 0) is 4.79 Å². The summed E-state index contributed by atoms with van der Waals surface area (Å²) in [5.74, 6) is 0.709. The maximum absolute atomic E-state index is 12.6. The number of carbonyl (C=O) groups excluding carboxylic acids is 1. The monoisotopic (exact) mass is 414 g/mol. The lowest BCUT2D eigenvalue weighted by molar-refractivity contribution is -0.115. The number of thioether (sulfide) groups is 1. The summed E-state index contributed by atoms with van der Waals surface area (Å²) in [6.45, 7) is 5.84. The Labute approximate surface area is 172 Å². The van der Waals surface area contributed by atoms with Crippen LogP contribution in [0.3, 0.4) is 0 Å². The van der Waals surface area contributed by atoms with Crippen LogP contribution in [0.4, 0.5) is 16.5 Å². The number of para-hydroxylation sites is 1. The Kier molecular flexibility index (Phi) is 6.53. The Balaban J connectivity index is 1.61. The number of ether oxygens (including phenoxy) is 1. The highest BCUT2D eigenvalue weighted by atomic mass is 32.2. The molecule has 3 rings (SSSR count). The number of methoxy groups -OCH3 is 1. The predicted octanol–water partition coefficient (Wildman–Crippen LogP) is 5.03. The summed E-state index contributed by atoms with van der Waals surface area (Å²) in [5.41, 5.74) is 3.84. The van der Waals surface area contributed by atoms with E-state index in [1.807, 2.05) is 63.2 Å². The van der Waals surface area contributed by atoms with E-state index in [0.29, 0.717) is 5.13 Å². The number of aryl methyl sites for hydroxylation is 2. The summed E-state index contributed by atoms with van der Waals surface area (Å²) in [7, 11) is 1.63. The number of rotatable bonds is 7. The fraction of sp³-hybridized carbons (Fsp3) is 0.250. The summed E-state index contributed by atoms with van der Waals surface area (Å²) in [6, 6.07) is 13.5. The van der Waals surface area contributed by atoms with Gasteiger partial charge in [0.05, 0.1) is 12.4 Å². The van der Waals surface area contributed by atoms with Crippen molar-refractivity contribution in [2.24, 2.45) is 0 Å². The molecule has 0 bridgehead atoms. The highest BCUT2D eigenvalue weighted by Crippen LogP contribution is 2.32. The summed E-state index contributed by atoms with van der Waals surface area (Å²) < 4.78 is 5.95.